The van der Waals surface area contributed by atoms with Crippen LogP contribution in [-0.2, 0) is 24.3 Å². The topological polar surface area (TPSA) is 107 Å². The number of carbonyl (C=O) groups excluding carboxylic acids is 3. The summed E-state index contributed by atoms with van der Waals surface area (Å²) in [5.74, 6) is -3.09. The molecule has 1 saturated carbocycles. The molecule has 7 nitrogen and oxygen atoms in total. The zero-order valence-corrected chi connectivity index (χ0v) is 17.8. The fourth-order valence-corrected chi connectivity index (χ4v) is 5.12. The van der Waals surface area contributed by atoms with E-state index in [-0.39, 0.29) is 45.7 Å². The molecule has 1 aliphatic heterocycles. The van der Waals surface area contributed by atoms with Crippen LogP contribution in [0.3, 0.4) is 0 Å². The van der Waals surface area contributed by atoms with E-state index in [0.29, 0.717) is 25.0 Å². The molecule has 1 aromatic carbocycles. The Morgan fingerprint density at radius 2 is 1.86 bits per heavy atom. The number of rotatable bonds is 6. The Bertz CT molecular complexity index is 998. The number of benzene rings is 1. The maximum Gasteiger partial charge on any atom is 0.182 e. The van der Waals surface area contributed by atoms with Crippen molar-refractivity contribution in [3.05, 3.63) is 28.3 Å². The van der Waals surface area contributed by atoms with E-state index in [0.717, 1.165) is 0 Å². The largest absolute Gasteiger partial charge is 0.392 e. The molecule has 2 aliphatic rings. The first kappa shape index (κ1) is 21.6. The zero-order chi connectivity index (χ0) is 21.3. The fourth-order valence-electron chi connectivity index (χ4n) is 3.58. The van der Waals surface area contributed by atoms with Gasteiger partial charge in [-0.15, -0.1) is 0 Å². The molecule has 1 unspecified atom stereocenters. The third kappa shape index (κ3) is 4.00. The monoisotopic (exact) mass is 439 g/mol. The van der Waals surface area contributed by atoms with Crippen molar-refractivity contribution >= 4 is 44.5 Å². The van der Waals surface area contributed by atoms with E-state index in [1.54, 1.807) is 0 Å². The van der Waals surface area contributed by atoms with Crippen molar-refractivity contribution in [1.29, 1.82) is 0 Å². The molecule has 0 N–H and O–H groups in total. The van der Waals surface area contributed by atoms with Gasteiger partial charge in [0.1, 0.15) is 12.0 Å². The number of hydrogen-bond acceptors (Lipinski definition) is 7. The Kier molecular flexibility index (Phi) is 6.24. The summed E-state index contributed by atoms with van der Waals surface area (Å²) in [4.78, 5) is 42.7. The van der Waals surface area contributed by atoms with Crippen molar-refractivity contribution in [1.82, 2.24) is 0 Å². The molecule has 29 heavy (non-hydrogen) atoms. The minimum Gasteiger partial charge on any atom is -0.392 e. The summed E-state index contributed by atoms with van der Waals surface area (Å²) in [7, 11) is -3.67. The van der Waals surface area contributed by atoms with Crippen molar-refractivity contribution in [3.8, 4) is 0 Å². The Balaban J connectivity index is 2.14. The van der Waals surface area contributed by atoms with E-state index in [1.165, 1.54) is 19.1 Å². The Morgan fingerprint density at radius 1 is 1.21 bits per heavy atom. The Labute approximate surface area is 174 Å². The Hall–Kier alpha value is -2.06. The SMILES string of the molecule is CCC1CC(c2c(S(=O)(=O)CC)ccc(C(=O)C3C(=O)CCCC3=O)c2Cl)=NO1. The molecule has 0 saturated heterocycles. The quantitative estimate of drug-likeness (QED) is 0.497. The van der Waals surface area contributed by atoms with Crippen molar-refractivity contribution in [2.45, 2.75) is 57.0 Å². The van der Waals surface area contributed by atoms with Crippen LogP contribution < -0.4 is 0 Å². The minimum absolute atomic E-state index is 0.0399. The first-order valence-electron chi connectivity index (χ1n) is 9.59. The summed E-state index contributed by atoms with van der Waals surface area (Å²) < 4.78 is 25.2. The number of carbonyl (C=O) groups is 3. The highest BCUT2D eigenvalue weighted by Crippen LogP contribution is 2.35. The van der Waals surface area contributed by atoms with Gasteiger partial charge in [-0.05, 0) is 25.0 Å². The van der Waals surface area contributed by atoms with Gasteiger partial charge in [0.25, 0.3) is 0 Å². The molecule has 3 rings (SSSR count). The lowest BCUT2D eigenvalue weighted by molar-refractivity contribution is -0.133. The highest BCUT2D eigenvalue weighted by atomic mass is 35.5. The molecule has 0 radical (unpaired) electrons. The summed E-state index contributed by atoms with van der Waals surface area (Å²) in [6, 6.07) is 2.58. The minimum atomic E-state index is -3.67. The molecule has 0 spiro atoms. The maximum atomic E-state index is 13.0. The maximum absolute atomic E-state index is 13.0. The van der Waals surface area contributed by atoms with Gasteiger partial charge in [0.05, 0.1) is 21.4 Å². The van der Waals surface area contributed by atoms with Crippen LogP contribution in [0.15, 0.2) is 22.2 Å². The second kappa shape index (κ2) is 8.36. The molecule has 0 bridgehead atoms. The van der Waals surface area contributed by atoms with Crippen molar-refractivity contribution in [2.24, 2.45) is 11.1 Å². The molecular weight excluding hydrogens is 418 g/mol. The van der Waals surface area contributed by atoms with Crippen molar-refractivity contribution < 1.29 is 27.6 Å². The molecule has 1 atom stereocenters. The number of hydrogen-bond donors (Lipinski definition) is 0. The third-order valence-electron chi connectivity index (χ3n) is 5.31. The average Bonchev–Trinajstić information content (AvgIpc) is 3.16. The molecule has 0 amide bonds. The summed E-state index contributed by atoms with van der Waals surface area (Å²) in [5, 5.41) is 3.88. The van der Waals surface area contributed by atoms with Crippen LogP contribution >= 0.6 is 11.6 Å². The van der Waals surface area contributed by atoms with Crippen molar-refractivity contribution in [2.75, 3.05) is 5.75 Å². The standard InChI is InChI=1S/C20H22ClNO6S/c1-3-11-10-13(22-28-11)17-16(29(26,27)4-2)9-8-12(19(17)21)20(25)18-14(23)6-5-7-15(18)24/h8-9,11,18H,3-7,10H2,1-2H3. The van der Waals surface area contributed by atoms with Gasteiger partial charge in [0, 0.05) is 30.4 Å². The van der Waals surface area contributed by atoms with Crippen LogP contribution in [0.25, 0.3) is 0 Å². The average molecular weight is 440 g/mol. The number of nitrogens with zero attached hydrogens (tertiary/aromatic N) is 1. The van der Waals surface area contributed by atoms with Gasteiger partial charge in [0.15, 0.2) is 27.2 Å². The molecule has 9 heteroatoms. The van der Waals surface area contributed by atoms with Gasteiger partial charge in [-0.25, -0.2) is 8.42 Å². The third-order valence-corrected chi connectivity index (χ3v) is 7.48. The van der Waals surface area contributed by atoms with Gasteiger partial charge in [0.2, 0.25) is 0 Å². The lowest BCUT2D eigenvalue weighted by Crippen LogP contribution is -2.35. The molecule has 1 aliphatic carbocycles. The number of Topliss-reactive ketones (excluding diaryl/α,β-unsaturated/α-hetero) is 3. The first-order chi connectivity index (χ1) is 13.7. The number of halogens is 1. The second-order valence-corrected chi connectivity index (χ2v) is 9.79. The molecule has 156 valence electrons. The van der Waals surface area contributed by atoms with Crippen LogP contribution in [0.2, 0.25) is 5.02 Å². The summed E-state index contributed by atoms with van der Waals surface area (Å²) in [6.07, 6.45) is 1.56. The van der Waals surface area contributed by atoms with E-state index >= 15 is 0 Å². The molecular formula is C20H22ClNO6S. The summed E-state index contributed by atoms with van der Waals surface area (Å²) in [5.41, 5.74) is 0.406. The van der Waals surface area contributed by atoms with Gasteiger partial charge in [-0.1, -0.05) is 30.6 Å². The highest BCUT2D eigenvalue weighted by Gasteiger charge is 2.39. The molecule has 1 fully saturated rings. The fraction of sp³-hybridized carbons (Fsp3) is 0.500. The van der Waals surface area contributed by atoms with E-state index in [4.69, 9.17) is 16.4 Å². The van der Waals surface area contributed by atoms with Gasteiger partial charge >= 0.3 is 0 Å². The van der Waals surface area contributed by atoms with Crippen LogP contribution in [0.4, 0.5) is 0 Å². The highest BCUT2D eigenvalue weighted by molar-refractivity contribution is 7.91. The molecule has 1 aromatic rings. The normalized spacial score (nSPS) is 20.5. The van der Waals surface area contributed by atoms with E-state index in [9.17, 15) is 22.8 Å². The number of ketones is 3. The van der Waals surface area contributed by atoms with Gasteiger partial charge < -0.3 is 4.84 Å². The lowest BCUT2D eigenvalue weighted by atomic mass is 9.81. The first-order valence-corrected chi connectivity index (χ1v) is 11.6. The predicted molar refractivity (Wildman–Crippen MR) is 107 cm³/mol. The smallest absolute Gasteiger partial charge is 0.182 e. The molecule has 0 aromatic heterocycles. The second-order valence-electron chi connectivity index (χ2n) is 7.16. The lowest BCUT2D eigenvalue weighted by Gasteiger charge is -2.20. The summed E-state index contributed by atoms with van der Waals surface area (Å²) in [6.45, 7) is 3.42. The number of sulfone groups is 1. The van der Waals surface area contributed by atoms with Gasteiger partial charge in [-0.3, -0.25) is 14.4 Å². The van der Waals surface area contributed by atoms with Crippen LogP contribution in [0.1, 0.15) is 61.9 Å². The summed E-state index contributed by atoms with van der Waals surface area (Å²) >= 11 is 6.51. The Morgan fingerprint density at radius 3 is 2.41 bits per heavy atom. The zero-order valence-electron chi connectivity index (χ0n) is 16.2. The predicted octanol–water partition coefficient (Wildman–Crippen LogP) is 3.16. The van der Waals surface area contributed by atoms with Crippen molar-refractivity contribution in [3.63, 3.8) is 0 Å². The number of oxime groups is 1. The van der Waals surface area contributed by atoms with Crippen LogP contribution in [0, 0.1) is 5.92 Å². The van der Waals surface area contributed by atoms with E-state index < -0.39 is 33.1 Å². The van der Waals surface area contributed by atoms with E-state index in [2.05, 4.69) is 5.16 Å². The van der Waals surface area contributed by atoms with Crippen LogP contribution in [-0.4, -0.2) is 43.3 Å². The van der Waals surface area contributed by atoms with Crippen LogP contribution in [0.5, 0.6) is 0 Å². The van der Waals surface area contributed by atoms with E-state index in [1.807, 2.05) is 6.92 Å². The van der Waals surface area contributed by atoms with Gasteiger partial charge in [-0.2, -0.15) is 0 Å². The molecule has 1 heterocycles.